The molecular formula is C10H14N2O3. The first kappa shape index (κ1) is 11.6. The number of hydrogen-bond acceptors (Lipinski definition) is 4. The predicted octanol–water partition coefficient (Wildman–Crippen LogP) is 1.29. The molecule has 1 rings (SSSR count). The van der Waals surface area contributed by atoms with Crippen molar-refractivity contribution in [1.29, 1.82) is 0 Å². The topological polar surface area (TPSA) is 89.4 Å². The van der Waals surface area contributed by atoms with Gasteiger partial charge in [0.05, 0.1) is 16.6 Å². The van der Waals surface area contributed by atoms with E-state index in [0.29, 0.717) is 18.5 Å². The molecule has 1 aromatic carbocycles. The fourth-order valence-electron chi connectivity index (χ4n) is 1.42. The second-order valence-electron chi connectivity index (χ2n) is 3.41. The Kier molecular flexibility index (Phi) is 3.76. The molecule has 5 nitrogen and oxygen atoms in total. The zero-order valence-corrected chi connectivity index (χ0v) is 8.51. The molecule has 0 amide bonds. The maximum absolute atomic E-state index is 10.7. The van der Waals surface area contributed by atoms with Gasteiger partial charge in [0.15, 0.2) is 0 Å². The second kappa shape index (κ2) is 4.86. The van der Waals surface area contributed by atoms with Crippen LogP contribution < -0.4 is 5.73 Å². The van der Waals surface area contributed by atoms with Gasteiger partial charge >= 0.3 is 0 Å². The summed E-state index contributed by atoms with van der Waals surface area (Å²) < 4.78 is 0. The highest BCUT2D eigenvalue weighted by Gasteiger charge is 2.19. The minimum absolute atomic E-state index is 0.0541. The molecule has 0 saturated heterocycles. The number of aliphatic hydroxyl groups excluding tert-OH is 1. The fraction of sp³-hybridized carbons (Fsp3) is 0.400. The summed E-state index contributed by atoms with van der Waals surface area (Å²) in [4.78, 5) is 10.2. The summed E-state index contributed by atoms with van der Waals surface area (Å²) >= 11 is 0. The summed E-state index contributed by atoms with van der Waals surface area (Å²) in [6, 6.07) is 4.68. The third-order valence-electron chi connectivity index (χ3n) is 2.18. The van der Waals surface area contributed by atoms with Crippen LogP contribution in [0.2, 0.25) is 0 Å². The number of aryl methyl sites for hydroxylation is 1. The van der Waals surface area contributed by atoms with E-state index >= 15 is 0 Å². The van der Waals surface area contributed by atoms with Crippen molar-refractivity contribution < 1.29 is 10.0 Å². The Hall–Kier alpha value is -1.46. The van der Waals surface area contributed by atoms with Crippen LogP contribution in [0.15, 0.2) is 18.2 Å². The fourth-order valence-corrected chi connectivity index (χ4v) is 1.42. The highest BCUT2D eigenvalue weighted by atomic mass is 16.6. The summed E-state index contributed by atoms with van der Waals surface area (Å²) in [6.07, 6.45) is -0.542. The molecule has 0 aliphatic heterocycles. The lowest BCUT2D eigenvalue weighted by atomic mass is 10.0. The van der Waals surface area contributed by atoms with Gasteiger partial charge in [-0.1, -0.05) is 11.6 Å². The van der Waals surface area contributed by atoms with Crippen LogP contribution in [0.25, 0.3) is 0 Å². The molecule has 0 saturated carbocycles. The molecule has 0 radical (unpaired) electrons. The molecule has 0 aliphatic carbocycles. The van der Waals surface area contributed by atoms with E-state index in [9.17, 15) is 15.2 Å². The highest BCUT2D eigenvalue weighted by molar-refractivity contribution is 5.43. The highest BCUT2D eigenvalue weighted by Crippen LogP contribution is 2.27. The Morgan fingerprint density at radius 2 is 2.27 bits per heavy atom. The zero-order chi connectivity index (χ0) is 11.4. The van der Waals surface area contributed by atoms with Crippen molar-refractivity contribution in [3.8, 4) is 0 Å². The van der Waals surface area contributed by atoms with E-state index in [1.165, 1.54) is 6.07 Å². The van der Waals surface area contributed by atoms with Crippen LogP contribution in [0.5, 0.6) is 0 Å². The van der Waals surface area contributed by atoms with Gasteiger partial charge in [-0.2, -0.15) is 0 Å². The molecule has 0 fully saturated rings. The average molecular weight is 210 g/mol. The molecule has 1 atom stereocenters. The summed E-state index contributed by atoms with van der Waals surface area (Å²) in [5.41, 5.74) is 6.47. The number of aliphatic hydroxyl groups is 1. The standard InChI is InChI=1S/C10H14N2O3/c1-7-2-3-9(12(14)15)8(6-7)10(13)4-5-11/h2-3,6,10,13H,4-5,11H2,1H3/t10-/m0/s1. The van der Waals surface area contributed by atoms with E-state index in [1.807, 2.05) is 6.92 Å². The normalized spacial score (nSPS) is 12.5. The van der Waals surface area contributed by atoms with Crippen LogP contribution in [0.4, 0.5) is 5.69 Å². The number of nitro groups is 1. The SMILES string of the molecule is Cc1ccc([N+](=O)[O-])c([C@@H](O)CCN)c1. The van der Waals surface area contributed by atoms with Gasteiger partial charge in [-0.3, -0.25) is 10.1 Å². The predicted molar refractivity (Wildman–Crippen MR) is 56.5 cm³/mol. The van der Waals surface area contributed by atoms with Crippen LogP contribution in [0.1, 0.15) is 23.7 Å². The van der Waals surface area contributed by atoms with Gasteiger partial charge < -0.3 is 10.8 Å². The van der Waals surface area contributed by atoms with E-state index in [0.717, 1.165) is 5.56 Å². The van der Waals surface area contributed by atoms with Crippen LogP contribution in [-0.4, -0.2) is 16.6 Å². The number of benzene rings is 1. The Labute approximate surface area is 87.7 Å². The molecule has 0 spiro atoms. The Morgan fingerprint density at radius 3 is 2.80 bits per heavy atom. The van der Waals surface area contributed by atoms with E-state index in [2.05, 4.69) is 0 Å². The Balaban J connectivity index is 3.12. The van der Waals surface area contributed by atoms with Crippen molar-refractivity contribution in [2.75, 3.05) is 6.54 Å². The van der Waals surface area contributed by atoms with Gasteiger partial charge in [-0.25, -0.2) is 0 Å². The molecule has 0 unspecified atom stereocenters. The molecule has 5 heteroatoms. The quantitative estimate of drug-likeness (QED) is 0.578. The summed E-state index contributed by atoms with van der Waals surface area (Å²) in [7, 11) is 0. The van der Waals surface area contributed by atoms with Crippen LogP contribution in [0, 0.1) is 17.0 Å². The van der Waals surface area contributed by atoms with Crippen molar-refractivity contribution in [2.45, 2.75) is 19.4 Å². The molecule has 82 valence electrons. The zero-order valence-electron chi connectivity index (χ0n) is 8.51. The molecule has 15 heavy (non-hydrogen) atoms. The number of nitrogens with zero attached hydrogens (tertiary/aromatic N) is 1. The van der Waals surface area contributed by atoms with Crippen molar-refractivity contribution >= 4 is 5.69 Å². The maximum atomic E-state index is 10.7. The van der Waals surface area contributed by atoms with Gasteiger partial charge in [0.25, 0.3) is 5.69 Å². The van der Waals surface area contributed by atoms with Crippen molar-refractivity contribution in [2.24, 2.45) is 5.73 Å². The molecule has 0 bridgehead atoms. The minimum Gasteiger partial charge on any atom is -0.388 e. The minimum atomic E-state index is -0.865. The smallest absolute Gasteiger partial charge is 0.275 e. The molecule has 3 N–H and O–H groups in total. The van der Waals surface area contributed by atoms with Crippen LogP contribution in [-0.2, 0) is 0 Å². The largest absolute Gasteiger partial charge is 0.388 e. The third kappa shape index (κ3) is 2.74. The first-order valence-corrected chi connectivity index (χ1v) is 4.69. The monoisotopic (exact) mass is 210 g/mol. The number of hydrogen-bond donors (Lipinski definition) is 2. The lowest BCUT2D eigenvalue weighted by Crippen LogP contribution is -2.08. The van der Waals surface area contributed by atoms with Gasteiger partial charge in [0.1, 0.15) is 0 Å². The van der Waals surface area contributed by atoms with Gasteiger partial charge in [0.2, 0.25) is 0 Å². The van der Waals surface area contributed by atoms with Crippen molar-refractivity contribution in [3.05, 3.63) is 39.4 Å². The summed E-state index contributed by atoms with van der Waals surface area (Å²) in [5.74, 6) is 0. The lowest BCUT2D eigenvalue weighted by Gasteiger charge is -2.10. The number of nitro benzene ring substituents is 1. The Bertz CT molecular complexity index is 366. The van der Waals surface area contributed by atoms with Crippen molar-refractivity contribution in [1.82, 2.24) is 0 Å². The van der Waals surface area contributed by atoms with E-state index < -0.39 is 11.0 Å². The van der Waals surface area contributed by atoms with E-state index in [-0.39, 0.29) is 5.69 Å². The Morgan fingerprint density at radius 1 is 1.60 bits per heavy atom. The summed E-state index contributed by atoms with van der Waals surface area (Å²) in [5, 5.41) is 20.4. The summed E-state index contributed by atoms with van der Waals surface area (Å²) in [6.45, 7) is 2.12. The van der Waals surface area contributed by atoms with E-state index in [1.54, 1.807) is 12.1 Å². The average Bonchev–Trinajstić information content (AvgIpc) is 2.17. The molecule has 0 aromatic heterocycles. The molecular weight excluding hydrogens is 196 g/mol. The van der Waals surface area contributed by atoms with Gasteiger partial charge in [-0.15, -0.1) is 0 Å². The van der Waals surface area contributed by atoms with Crippen molar-refractivity contribution in [3.63, 3.8) is 0 Å². The second-order valence-corrected chi connectivity index (χ2v) is 3.41. The number of nitrogens with two attached hydrogens (primary N) is 1. The van der Waals surface area contributed by atoms with Gasteiger partial charge in [0, 0.05) is 6.07 Å². The maximum Gasteiger partial charge on any atom is 0.275 e. The lowest BCUT2D eigenvalue weighted by molar-refractivity contribution is -0.386. The van der Waals surface area contributed by atoms with Gasteiger partial charge in [-0.05, 0) is 26.0 Å². The molecule has 1 aromatic rings. The third-order valence-corrected chi connectivity index (χ3v) is 2.18. The van der Waals surface area contributed by atoms with Crippen LogP contribution >= 0.6 is 0 Å². The van der Waals surface area contributed by atoms with Crippen LogP contribution in [0.3, 0.4) is 0 Å². The molecule has 0 aliphatic rings. The number of rotatable bonds is 4. The first-order chi connectivity index (χ1) is 7.06. The van der Waals surface area contributed by atoms with E-state index in [4.69, 9.17) is 5.73 Å². The molecule has 0 heterocycles. The first-order valence-electron chi connectivity index (χ1n) is 4.69.